The van der Waals surface area contributed by atoms with Gasteiger partial charge in [-0.25, -0.2) is 19.6 Å². The summed E-state index contributed by atoms with van der Waals surface area (Å²) in [5.41, 5.74) is 5.35. The Morgan fingerprint density at radius 3 is 1.27 bits per heavy atom. The molecule has 0 spiro atoms. The number of hydrogen-bond acceptors (Lipinski definition) is 8. The number of hydrogen-bond donors (Lipinski definition) is 0. The molecule has 12 nitrogen and oxygen atoms in total. The van der Waals surface area contributed by atoms with Crippen molar-refractivity contribution in [3.8, 4) is 0 Å². The molecule has 0 aliphatic carbocycles. The Morgan fingerprint density at radius 2 is 0.942 bits per heavy atom. The van der Waals surface area contributed by atoms with Crippen LogP contribution in [0.1, 0.15) is 22.3 Å². The number of carbonyl (C=O) groups is 4. The molecule has 2 aliphatic rings. The fourth-order valence-electron chi connectivity index (χ4n) is 5.24. The predicted octanol–water partition coefficient (Wildman–Crippen LogP) is 6.36. The van der Waals surface area contributed by atoms with Gasteiger partial charge in [-0.2, -0.15) is 0 Å². The second-order valence-corrected chi connectivity index (χ2v) is 12.9. The Morgan fingerprint density at radius 1 is 0.596 bits per heavy atom. The zero-order valence-corrected chi connectivity index (χ0v) is 30.8. The second-order valence-electron chi connectivity index (χ2n) is 12.1. The smallest absolute Gasteiger partial charge is 0.411 e. The SMILES string of the molecule is CN(C)C(=O)OC1N=C(c2ccccc2)c2cc(Cl)ccc2N(C)C1=O.CN(C)C(=O)OC1N=C(c2ccccc2)c2cc(Cl)ccc2N(C)C1=O. The number of amides is 4. The molecule has 0 N–H and O–H groups in total. The zero-order chi connectivity index (χ0) is 37.7. The quantitative estimate of drug-likeness (QED) is 0.240. The minimum absolute atomic E-state index is 0.435. The van der Waals surface area contributed by atoms with Crippen molar-refractivity contribution < 1.29 is 28.7 Å². The van der Waals surface area contributed by atoms with Crippen molar-refractivity contribution in [2.75, 3.05) is 52.1 Å². The first kappa shape index (κ1) is 37.5. The van der Waals surface area contributed by atoms with Gasteiger partial charge in [-0.05, 0) is 36.4 Å². The fourth-order valence-corrected chi connectivity index (χ4v) is 5.59. The van der Waals surface area contributed by atoms with Crippen LogP contribution >= 0.6 is 23.2 Å². The Kier molecular flexibility index (Phi) is 11.6. The molecule has 52 heavy (non-hydrogen) atoms. The van der Waals surface area contributed by atoms with E-state index in [0.29, 0.717) is 44.0 Å². The molecule has 4 aromatic rings. The van der Waals surface area contributed by atoms with Crippen LogP contribution in [0.4, 0.5) is 21.0 Å². The predicted molar refractivity (Wildman–Crippen MR) is 202 cm³/mol. The van der Waals surface area contributed by atoms with E-state index in [1.807, 2.05) is 60.7 Å². The molecule has 2 atom stereocenters. The molecule has 2 aliphatic heterocycles. The van der Waals surface area contributed by atoms with Gasteiger partial charge in [-0.15, -0.1) is 0 Å². The highest BCUT2D eigenvalue weighted by atomic mass is 35.5. The van der Waals surface area contributed by atoms with E-state index in [1.165, 1.54) is 19.6 Å². The third kappa shape index (κ3) is 8.25. The van der Waals surface area contributed by atoms with Crippen LogP contribution in [0.3, 0.4) is 0 Å². The number of halogens is 2. The summed E-state index contributed by atoms with van der Waals surface area (Å²) in [6.07, 6.45) is -3.85. The van der Waals surface area contributed by atoms with Gasteiger partial charge in [0.25, 0.3) is 24.3 Å². The Balaban J connectivity index is 0.000000201. The first-order chi connectivity index (χ1) is 24.8. The van der Waals surface area contributed by atoms with Crippen LogP contribution in [0.25, 0.3) is 0 Å². The lowest BCUT2D eigenvalue weighted by atomic mass is 10.0. The van der Waals surface area contributed by atoms with Crippen molar-refractivity contribution in [2.45, 2.75) is 12.5 Å². The van der Waals surface area contributed by atoms with Gasteiger partial charge in [0.05, 0.1) is 22.8 Å². The summed E-state index contributed by atoms with van der Waals surface area (Å²) >= 11 is 12.4. The number of fused-ring (bicyclic) bond motifs is 2. The minimum Gasteiger partial charge on any atom is -0.414 e. The molecule has 4 aromatic carbocycles. The summed E-state index contributed by atoms with van der Waals surface area (Å²) in [4.78, 5) is 63.9. The number of benzene rings is 4. The van der Waals surface area contributed by atoms with Gasteiger partial charge in [-0.3, -0.25) is 9.59 Å². The summed E-state index contributed by atoms with van der Waals surface area (Å²) in [5, 5.41) is 1.05. The number of carbonyl (C=O) groups excluding carboxylic acids is 4. The summed E-state index contributed by atoms with van der Waals surface area (Å²) in [6.45, 7) is 0. The Hall–Kier alpha value is -5.72. The number of rotatable bonds is 4. The lowest BCUT2D eigenvalue weighted by Crippen LogP contribution is -2.39. The number of aliphatic imine (C=N–C) groups is 2. The average molecular weight is 744 g/mol. The first-order valence-electron chi connectivity index (χ1n) is 15.9. The molecular weight excluding hydrogens is 707 g/mol. The van der Waals surface area contributed by atoms with Gasteiger partial charge in [-0.1, -0.05) is 83.9 Å². The van der Waals surface area contributed by atoms with Gasteiger partial charge in [0.1, 0.15) is 0 Å². The molecule has 0 radical (unpaired) electrons. The van der Waals surface area contributed by atoms with Crippen LogP contribution in [0, 0.1) is 0 Å². The monoisotopic (exact) mass is 742 g/mol. The van der Waals surface area contributed by atoms with E-state index < -0.39 is 36.5 Å². The summed E-state index contributed by atoms with van der Waals surface area (Å²) in [6, 6.07) is 29.2. The Bertz CT molecular complexity index is 1910. The second kappa shape index (κ2) is 16.1. The number of nitrogens with zero attached hydrogens (tertiary/aromatic N) is 6. The lowest BCUT2D eigenvalue weighted by Gasteiger charge is -2.21. The van der Waals surface area contributed by atoms with Crippen LogP contribution < -0.4 is 9.80 Å². The number of benzodiazepines with no additional fused rings is 2. The highest BCUT2D eigenvalue weighted by Gasteiger charge is 2.34. The van der Waals surface area contributed by atoms with Gasteiger partial charge >= 0.3 is 12.2 Å². The standard InChI is InChI=1S/2C19H18ClN3O3/c2*1-22(2)19(25)26-17-18(24)23(3)15-10-9-13(20)11-14(15)16(21-17)12-7-5-4-6-8-12/h2*4-11,17H,1-3H3. The van der Waals surface area contributed by atoms with Crippen LogP contribution in [0.15, 0.2) is 107 Å². The molecule has 0 saturated carbocycles. The van der Waals surface area contributed by atoms with E-state index in [9.17, 15) is 19.2 Å². The van der Waals surface area contributed by atoms with Crippen LogP contribution in [0.2, 0.25) is 10.0 Å². The van der Waals surface area contributed by atoms with Gasteiger partial charge in [0, 0.05) is 74.6 Å². The summed E-state index contributed by atoms with van der Waals surface area (Å²) in [7, 11) is 9.42. The fraction of sp³-hybridized carbons (Fsp3) is 0.211. The average Bonchev–Trinajstić information content (AvgIpc) is 3.30. The molecule has 14 heteroatoms. The molecule has 2 heterocycles. The molecular formula is C38H36Cl2N6O6. The molecule has 2 unspecified atom stereocenters. The highest BCUT2D eigenvalue weighted by Crippen LogP contribution is 2.32. The van der Waals surface area contributed by atoms with Crippen LogP contribution in [-0.2, 0) is 19.1 Å². The molecule has 6 rings (SSSR count). The van der Waals surface area contributed by atoms with E-state index in [1.54, 1.807) is 78.7 Å². The van der Waals surface area contributed by atoms with E-state index >= 15 is 0 Å². The largest absolute Gasteiger partial charge is 0.414 e. The van der Waals surface area contributed by atoms with E-state index in [4.69, 9.17) is 32.7 Å². The normalized spacial score (nSPS) is 16.5. The molecule has 0 aromatic heterocycles. The third-order valence-electron chi connectivity index (χ3n) is 7.98. The van der Waals surface area contributed by atoms with Crippen LogP contribution in [0.5, 0.6) is 0 Å². The topological polar surface area (TPSA) is 124 Å². The van der Waals surface area contributed by atoms with Crippen molar-refractivity contribution in [3.05, 3.63) is 129 Å². The van der Waals surface area contributed by atoms with Gasteiger partial charge in [0.15, 0.2) is 0 Å². The van der Waals surface area contributed by atoms with E-state index in [-0.39, 0.29) is 0 Å². The van der Waals surface area contributed by atoms with Crippen molar-refractivity contribution >= 4 is 70.0 Å². The number of anilines is 2. The molecule has 4 amide bonds. The minimum atomic E-state index is -1.28. The third-order valence-corrected chi connectivity index (χ3v) is 8.45. The maximum atomic E-state index is 12.8. The molecule has 0 saturated heterocycles. The van der Waals surface area contributed by atoms with Crippen molar-refractivity contribution in [2.24, 2.45) is 9.98 Å². The van der Waals surface area contributed by atoms with Crippen molar-refractivity contribution in [1.82, 2.24) is 9.80 Å². The first-order valence-corrected chi connectivity index (χ1v) is 16.7. The van der Waals surface area contributed by atoms with Gasteiger partial charge in [0.2, 0.25) is 0 Å². The Labute approximate surface area is 311 Å². The highest BCUT2D eigenvalue weighted by molar-refractivity contribution is 6.32. The number of ether oxygens (including phenoxy) is 2. The molecule has 0 fully saturated rings. The number of likely N-dealkylation sites (N-methyl/N-ethyl adjacent to an activating group) is 2. The molecule has 268 valence electrons. The van der Waals surface area contributed by atoms with Crippen LogP contribution in [-0.4, -0.2) is 100.0 Å². The van der Waals surface area contributed by atoms with Gasteiger partial charge < -0.3 is 29.1 Å². The summed E-state index contributed by atoms with van der Waals surface area (Å²) < 4.78 is 10.6. The van der Waals surface area contributed by atoms with Crippen molar-refractivity contribution in [3.63, 3.8) is 0 Å². The van der Waals surface area contributed by atoms with E-state index in [2.05, 4.69) is 9.98 Å². The molecule has 0 bridgehead atoms. The maximum absolute atomic E-state index is 12.8. The zero-order valence-electron chi connectivity index (χ0n) is 29.3. The van der Waals surface area contributed by atoms with E-state index in [0.717, 1.165) is 11.1 Å². The maximum Gasteiger partial charge on any atom is 0.411 e. The summed E-state index contributed by atoms with van der Waals surface area (Å²) in [5.74, 6) is -0.871. The lowest BCUT2D eigenvalue weighted by molar-refractivity contribution is -0.127. The van der Waals surface area contributed by atoms with Crippen molar-refractivity contribution in [1.29, 1.82) is 0 Å².